The summed E-state index contributed by atoms with van der Waals surface area (Å²) < 4.78 is 0. The lowest BCUT2D eigenvalue weighted by Gasteiger charge is -2.29. The molecule has 0 radical (unpaired) electrons. The molecule has 2 rings (SSSR count). The van der Waals surface area contributed by atoms with Crippen LogP contribution in [-0.2, 0) is 5.60 Å². The summed E-state index contributed by atoms with van der Waals surface area (Å²) in [5.74, 6) is 1.24. The van der Waals surface area contributed by atoms with Gasteiger partial charge in [0.15, 0.2) is 0 Å². The van der Waals surface area contributed by atoms with Gasteiger partial charge in [0.1, 0.15) is 5.82 Å². The van der Waals surface area contributed by atoms with Crippen LogP contribution in [0.4, 0.5) is 5.82 Å². The first-order chi connectivity index (χ1) is 8.57. The first-order valence-electron chi connectivity index (χ1n) is 7.01. The van der Waals surface area contributed by atoms with Crippen molar-refractivity contribution in [1.29, 1.82) is 0 Å². The zero-order valence-corrected chi connectivity index (χ0v) is 11.4. The lowest BCUT2D eigenvalue weighted by atomic mass is 9.84. The Labute approximate surface area is 109 Å². The van der Waals surface area contributed by atoms with E-state index >= 15 is 0 Å². The Hall–Kier alpha value is -1.09. The molecule has 3 N–H and O–H groups in total. The molecule has 1 aliphatic rings. The van der Waals surface area contributed by atoms with Crippen molar-refractivity contribution in [2.75, 3.05) is 5.73 Å². The smallest absolute Gasteiger partial charge is 0.129 e. The average molecular weight is 248 g/mol. The first-order valence-corrected chi connectivity index (χ1v) is 7.01. The molecular formula is C15H24N2O. The van der Waals surface area contributed by atoms with Crippen molar-refractivity contribution in [2.45, 2.75) is 58.0 Å². The van der Waals surface area contributed by atoms with Crippen LogP contribution in [0.2, 0.25) is 0 Å². The van der Waals surface area contributed by atoms with Gasteiger partial charge in [-0.2, -0.15) is 0 Å². The number of aromatic nitrogens is 1. The number of nitrogens with two attached hydrogens (primary N) is 1. The van der Waals surface area contributed by atoms with Gasteiger partial charge in [-0.15, -0.1) is 0 Å². The fraction of sp³-hybridized carbons (Fsp3) is 0.667. The van der Waals surface area contributed by atoms with Crippen LogP contribution < -0.4 is 5.73 Å². The molecule has 0 aromatic carbocycles. The third-order valence-electron chi connectivity index (χ3n) is 4.40. The number of aryl methyl sites for hydroxylation is 1. The minimum absolute atomic E-state index is 0.493. The first kappa shape index (κ1) is 13.3. The third-order valence-corrected chi connectivity index (χ3v) is 4.40. The summed E-state index contributed by atoms with van der Waals surface area (Å²) in [6.07, 6.45) is 7.91. The van der Waals surface area contributed by atoms with Crippen molar-refractivity contribution in [2.24, 2.45) is 5.92 Å². The van der Waals surface area contributed by atoms with E-state index < -0.39 is 5.60 Å². The minimum Gasteiger partial charge on any atom is -0.385 e. The van der Waals surface area contributed by atoms with Crippen LogP contribution in [0.5, 0.6) is 0 Å². The third kappa shape index (κ3) is 2.51. The minimum atomic E-state index is -0.771. The second-order valence-corrected chi connectivity index (χ2v) is 5.62. The number of rotatable bonds is 2. The summed E-state index contributed by atoms with van der Waals surface area (Å²) in [7, 11) is 0. The number of anilines is 1. The fourth-order valence-corrected chi connectivity index (χ4v) is 3.24. The number of hydrogen-bond acceptors (Lipinski definition) is 3. The van der Waals surface area contributed by atoms with Crippen LogP contribution in [0.25, 0.3) is 0 Å². The van der Waals surface area contributed by atoms with Gasteiger partial charge in [0.25, 0.3) is 0 Å². The monoisotopic (exact) mass is 248 g/mol. The zero-order chi connectivity index (χ0) is 13.2. The highest BCUT2D eigenvalue weighted by atomic mass is 16.3. The predicted molar refractivity (Wildman–Crippen MR) is 74.1 cm³/mol. The highest BCUT2D eigenvalue weighted by molar-refractivity contribution is 5.47. The molecule has 0 saturated heterocycles. The van der Waals surface area contributed by atoms with Crippen molar-refractivity contribution in [3.8, 4) is 0 Å². The van der Waals surface area contributed by atoms with Crippen molar-refractivity contribution in [3.05, 3.63) is 23.4 Å². The number of pyridine rings is 1. The van der Waals surface area contributed by atoms with E-state index in [0.717, 1.165) is 42.7 Å². The molecule has 2 atom stereocenters. The second-order valence-electron chi connectivity index (χ2n) is 5.62. The number of nitrogens with zero attached hydrogens (tertiary/aromatic N) is 1. The maximum atomic E-state index is 11.0. The molecule has 3 nitrogen and oxygen atoms in total. The topological polar surface area (TPSA) is 59.1 Å². The molecule has 1 aromatic heterocycles. The van der Waals surface area contributed by atoms with Gasteiger partial charge in [-0.05, 0) is 50.2 Å². The van der Waals surface area contributed by atoms with E-state index in [1.54, 1.807) is 6.20 Å². The Bertz CT molecular complexity index is 399. The van der Waals surface area contributed by atoms with E-state index in [-0.39, 0.29) is 0 Å². The van der Waals surface area contributed by atoms with Crippen LogP contribution >= 0.6 is 0 Å². The predicted octanol–water partition coefficient (Wildman–Crippen LogP) is 3.15. The molecule has 100 valence electrons. The molecule has 1 saturated carbocycles. The molecule has 0 spiro atoms. The molecule has 0 aliphatic heterocycles. The van der Waals surface area contributed by atoms with E-state index in [1.165, 1.54) is 12.8 Å². The van der Waals surface area contributed by atoms with Gasteiger partial charge in [0, 0.05) is 11.8 Å². The summed E-state index contributed by atoms with van der Waals surface area (Å²) in [6, 6.07) is 1.94. The Morgan fingerprint density at radius 1 is 1.44 bits per heavy atom. The average Bonchev–Trinajstić information content (AvgIpc) is 2.51. The van der Waals surface area contributed by atoms with Gasteiger partial charge in [0.05, 0.1) is 5.60 Å². The molecule has 18 heavy (non-hydrogen) atoms. The Morgan fingerprint density at radius 3 is 2.89 bits per heavy atom. The molecular weight excluding hydrogens is 224 g/mol. The Kier molecular flexibility index (Phi) is 3.91. The van der Waals surface area contributed by atoms with Gasteiger partial charge in [-0.3, -0.25) is 0 Å². The van der Waals surface area contributed by atoms with Crippen molar-refractivity contribution in [1.82, 2.24) is 4.98 Å². The highest BCUT2D eigenvalue weighted by Gasteiger charge is 2.35. The maximum absolute atomic E-state index is 11.0. The molecule has 1 heterocycles. The highest BCUT2D eigenvalue weighted by Crippen LogP contribution is 2.41. The molecule has 1 aliphatic carbocycles. The SMILES string of the molecule is CCC1CCCC(O)(c2c(C)ccnc2N)CC1. The van der Waals surface area contributed by atoms with E-state index in [4.69, 9.17) is 5.73 Å². The van der Waals surface area contributed by atoms with Gasteiger partial charge in [0.2, 0.25) is 0 Å². The van der Waals surface area contributed by atoms with Crippen LogP contribution in [-0.4, -0.2) is 10.1 Å². The Balaban J connectivity index is 2.30. The molecule has 3 heteroatoms. The van der Waals surface area contributed by atoms with E-state index in [0.29, 0.717) is 5.82 Å². The summed E-state index contributed by atoms with van der Waals surface area (Å²) >= 11 is 0. The van der Waals surface area contributed by atoms with Gasteiger partial charge < -0.3 is 10.8 Å². The maximum Gasteiger partial charge on any atom is 0.129 e. The molecule has 1 fully saturated rings. The Morgan fingerprint density at radius 2 is 2.22 bits per heavy atom. The fourth-order valence-electron chi connectivity index (χ4n) is 3.24. The normalized spacial score (nSPS) is 28.9. The zero-order valence-electron chi connectivity index (χ0n) is 11.4. The van der Waals surface area contributed by atoms with Crippen molar-refractivity contribution >= 4 is 5.82 Å². The molecule has 2 unspecified atom stereocenters. The van der Waals surface area contributed by atoms with Crippen LogP contribution in [0, 0.1) is 12.8 Å². The number of hydrogen-bond donors (Lipinski definition) is 2. The summed E-state index contributed by atoms with van der Waals surface area (Å²) in [4.78, 5) is 4.15. The van der Waals surface area contributed by atoms with Crippen LogP contribution in [0.3, 0.4) is 0 Å². The lowest BCUT2D eigenvalue weighted by molar-refractivity contribution is 0.0195. The van der Waals surface area contributed by atoms with Crippen molar-refractivity contribution in [3.63, 3.8) is 0 Å². The van der Waals surface area contributed by atoms with Gasteiger partial charge in [-0.25, -0.2) is 4.98 Å². The lowest BCUT2D eigenvalue weighted by Crippen LogP contribution is -2.27. The number of nitrogen functional groups attached to an aromatic ring is 1. The summed E-state index contributed by atoms with van der Waals surface area (Å²) in [5, 5.41) is 11.0. The van der Waals surface area contributed by atoms with Crippen LogP contribution in [0.1, 0.15) is 56.6 Å². The van der Waals surface area contributed by atoms with E-state index in [2.05, 4.69) is 11.9 Å². The second kappa shape index (κ2) is 5.27. The molecule has 0 bridgehead atoms. The van der Waals surface area contributed by atoms with Crippen LogP contribution in [0.15, 0.2) is 12.3 Å². The molecule has 1 aromatic rings. The molecule has 0 amide bonds. The summed E-state index contributed by atoms with van der Waals surface area (Å²) in [6.45, 7) is 4.24. The summed E-state index contributed by atoms with van der Waals surface area (Å²) in [5.41, 5.74) is 7.13. The van der Waals surface area contributed by atoms with Crippen molar-refractivity contribution < 1.29 is 5.11 Å². The van der Waals surface area contributed by atoms with Gasteiger partial charge >= 0.3 is 0 Å². The quantitative estimate of drug-likeness (QED) is 0.790. The van der Waals surface area contributed by atoms with E-state index in [9.17, 15) is 5.11 Å². The van der Waals surface area contributed by atoms with E-state index in [1.807, 2.05) is 13.0 Å². The standard InChI is InChI=1S/C15H24N2O/c1-3-12-5-4-8-15(18,9-6-12)13-11(2)7-10-17-14(13)16/h7,10,12,18H,3-6,8-9H2,1-2H3,(H2,16,17). The van der Waals surface area contributed by atoms with Gasteiger partial charge in [-0.1, -0.05) is 19.8 Å². The largest absolute Gasteiger partial charge is 0.385 e. The number of aliphatic hydroxyl groups is 1.